The minimum absolute atomic E-state index is 0.0375. The lowest BCUT2D eigenvalue weighted by molar-refractivity contribution is 0.792. The highest BCUT2D eigenvalue weighted by molar-refractivity contribution is 9.09. The number of hydrogen-bond acceptors (Lipinski definition) is 5. The molecule has 0 saturated carbocycles. The second kappa shape index (κ2) is 10.5. The predicted molar refractivity (Wildman–Crippen MR) is 109 cm³/mol. The zero-order valence-corrected chi connectivity index (χ0v) is 15.2. The Morgan fingerprint density at radius 3 is 2.62 bits per heavy atom. The van der Waals surface area contributed by atoms with Gasteiger partial charge in [0.05, 0.1) is 5.69 Å². The molecule has 1 heterocycles. The first-order valence-corrected chi connectivity index (χ1v) is 8.55. The second-order valence-corrected chi connectivity index (χ2v) is 5.59. The van der Waals surface area contributed by atoms with Crippen LogP contribution >= 0.6 is 15.9 Å². The Balaban J connectivity index is 3.55. The molecule has 0 spiro atoms. The molecule has 1 atom stereocenters. The first-order valence-electron chi connectivity index (χ1n) is 7.43. The number of nitrogens with two attached hydrogens (primary N) is 3. The van der Waals surface area contributed by atoms with Gasteiger partial charge in [0.25, 0.3) is 0 Å². The summed E-state index contributed by atoms with van der Waals surface area (Å²) in [4.78, 5) is 4.68. The third-order valence-corrected chi connectivity index (χ3v) is 3.99. The second-order valence-electron chi connectivity index (χ2n) is 4.94. The predicted octanol–water partition coefficient (Wildman–Crippen LogP) is 0.921. The maximum atomic E-state index is 5.96. The van der Waals surface area contributed by atoms with Gasteiger partial charge in [-0.05, 0) is 18.3 Å². The van der Waals surface area contributed by atoms with E-state index in [1.54, 1.807) is 18.2 Å². The molecule has 0 aromatic carbocycles. The van der Waals surface area contributed by atoms with Gasteiger partial charge in [-0.2, -0.15) is 0 Å². The highest BCUT2D eigenvalue weighted by atomic mass is 79.9. The maximum Gasteiger partial charge on any atom is 0.134 e. The first kappa shape index (κ1) is 19.7. The molecule has 0 amide bonds. The van der Waals surface area contributed by atoms with Crippen LogP contribution in [0.1, 0.15) is 5.69 Å². The van der Waals surface area contributed by atoms with Gasteiger partial charge in [-0.15, -0.1) is 0 Å². The van der Waals surface area contributed by atoms with E-state index in [0.717, 1.165) is 21.7 Å². The number of allylic oxidation sites excluding steroid dienone is 5. The number of nitrogens with zero attached hydrogens (tertiary/aromatic N) is 1. The Hall–Kier alpha value is -2.31. The summed E-state index contributed by atoms with van der Waals surface area (Å²) in [5.41, 5.74) is 18.8. The van der Waals surface area contributed by atoms with Gasteiger partial charge >= 0.3 is 0 Å². The quantitative estimate of drug-likeness (QED) is 0.391. The molecule has 1 rings (SSSR count). The average molecular weight is 390 g/mol. The zero-order valence-electron chi connectivity index (χ0n) is 13.6. The molecule has 0 bridgehead atoms. The average Bonchev–Trinajstić information content (AvgIpc) is 2.60. The SMILES string of the molecule is C=C/C=C(\C=C/N)c1cc(=C/N)/c(=C\C=C)c(NCC(N)CBr)n1. The number of hydrogen-bond donors (Lipinski definition) is 4. The number of nitrogens with one attached hydrogen (secondary N) is 1. The number of aromatic nitrogens is 1. The van der Waals surface area contributed by atoms with Crippen LogP contribution in [0.15, 0.2) is 49.7 Å². The van der Waals surface area contributed by atoms with Crippen LogP contribution in [0.25, 0.3) is 17.8 Å². The third-order valence-electron chi connectivity index (χ3n) is 3.15. The summed E-state index contributed by atoms with van der Waals surface area (Å²) < 4.78 is 0. The third kappa shape index (κ3) is 5.40. The summed E-state index contributed by atoms with van der Waals surface area (Å²) in [6.07, 6.45) is 11.8. The van der Waals surface area contributed by atoms with Crippen LogP contribution in [0, 0.1) is 0 Å². The Morgan fingerprint density at radius 1 is 1.33 bits per heavy atom. The molecule has 24 heavy (non-hydrogen) atoms. The summed E-state index contributed by atoms with van der Waals surface area (Å²) in [6.45, 7) is 8.04. The van der Waals surface area contributed by atoms with E-state index in [1.165, 1.54) is 12.4 Å². The van der Waals surface area contributed by atoms with Crippen molar-refractivity contribution in [3.8, 4) is 0 Å². The molecule has 1 unspecified atom stereocenters. The molecule has 0 saturated heterocycles. The van der Waals surface area contributed by atoms with Crippen molar-refractivity contribution in [1.82, 2.24) is 4.98 Å². The topological polar surface area (TPSA) is 103 Å². The van der Waals surface area contributed by atoms with Gasteiger partial charge in [0, 0.05) is 40.1 Å². The molecule has 1 aromatic rings. The van der Waals surface area contributed by atoms with Crippen LogP contribution in [0.2, 0.25) is 0 Å². The normalized spacial score (nSPS) is 14.8. The fraction of sp³-hybridized carbons (Fsp3) is 0.167. The number of pyridine rings is 1. The Bertz CT molecular complexity index is 749. The fourth-order valence-electron chi connectivity index (χ4n) is 2.03. The van der Waals surface area contributed by atoms with E-state index in [9.17, 15) is 0 Å². The van der Waals surface area contributed by atoms with Crippen LogP contribution in [-0.2, 0) is 0 Å². The molecule has 0 aliphatic rings. The molecule has 1 aromatic heterocycles. The van der Waals surface area contributed by atoms with E-state index in [1.807, 2.05) is 18.2 Å². The van der Waals surface area contributed by atoms with Gasteiger partial charge in [0.1, 0.15) is 5.82 Å². The van der Waals surface area contributed by atoms with Crippen LogP contribution in [0.5, 0.6) is 0 Å². The lowest BCUT2D eigenvalue weighted by Crippen LogP contribution is -2.36. The molecule has 5 nitrogen and oxygen atoms in total. The highest BCUT2D eigenvalue weighted by Gasteiger charge is 2.07. The molecular formula is C18H24BrN5. The minimum Gasteiger partial charge on any atom is -0.405 e. The van der Waals surface area contributed by atoms with Gasteiger partial charge in [-0.1, -0.05) is 53.4 Å². The summed E-state index contributed by atoms with van der Waals surface area (Å²) >= 11 is 3.37. The van der Waals surface area contributed by atoms with Gasteiger partial charge < -0.3 is 22.5 Å². The summed E-state index contributed by atoms with van der Waals surface area (Å²) in [5, 5.41) is 5.65. The Kier molecular flexibility index (Phi) is 8.60. The van der Waals surface area contributed by atoms with Crippen molar-refractivity contribution < 1.29 is 0 Å². The fourth-order valence-corrected chi connectivity index (χ4v) is 2.26. The molecular weight excluding hydrogens is 366 g/mol. The van der Waals surface area contributed by atoms with Crippen molar-refractivity contribution >= 4 is 39.6 Å². The first-order chi connectivity index (χ1) is 11.6. The lowest BCUT2D eigenvalue weighted by atomic mass is 10.1. The van der Waals surface area contributed by atoms with E-state index >= 15 is 0 Å². The molecule has 128 valence electrons. The van der Waals surface area contributed by atoms with Gasteiger partial charge in [0.15, 0.2) is 0 Å². The molecule has 6 heteroatoms. The summed E-state index contributed by atoms with van der Waals surface area (Å²) in [5.74, 6) is 0.681. The standard InChI is InChI=1S/C18H24BrN5/c1-3-5-13(7-8-20)17-9-14(11-21)16(6-4-2)18(24-17)23-12-15(22)10-19/h3-9,11,15H,1-2,10,12,20-22H2,(H,23,24)/b8-7-,13-5+,14-11-,16-6+. The van der Waals surface area contributed by atoms with Crippen LogP contribution < -0.4 is 33.0 Å². The van der Waals surface area contributed by atoms with Crippen molar-refractivity contribution in [2.24, 2.45) is 17.2 Å². The number of alkyl halides is 1. The van der Waals surface area contributed by atoms with Crippen LogP contribution in [-0.4, -0.2) is 22.9 Å². The highest BCUT2D eigenvalue weighted by Crippen LogP contribution is 2.12. The Labute approximate surface area is 151 Å². The maximum absolute atomic E-state index is 5.96. The van der Waals surface area contributed by atoms with Gasteiger partial charge in [0.2, 0.25) is 0 Å². The number of anilines is 1. The zero-order chi connectivity index (χ0) is 17.9. The van der Waals surface area contributed by atoms with Crippen molar-refractivity contribution in [3.63, 3.8) is 0 Å². The molecule has 0 aliphatic carbocycles. The van der Waals surface area contributed by atoms with E-state index in [2.05, 4.69) is 39.4 Å². The van der Waals surface area contributed by atoms with E-state index in [-0.39, 0.29) is 6.04 Å². The largest absolute Gasteiger partial charge is 0.405 e. The van der Waals surface area contributed by atoms with Crippen LogP contribution in [0.3, 0.4) is 0 Å². The summed E-state index contributed by atoms with van der Waals surface area (Å²) in [7, 11) is 0. The molecule has 7 N–H and O–H groups in total. The van der Waals surface area contributed by atoms with Crippen molar-refractivity contribution in [2.75, 3.05) is 17.2 Å². The molecule has 0 aliphatic heterocycles. The van der Waals surface area contributed by atoms with Crippen molar-refractivity contribution in [2.45, 2.75) is 6.04 Å². The monoisotopic (exact) mass is 389 g/mol. The van der Waals surface area contributed by atoms with Crippen LogP contribution in [0.4, 0.5) is 5.82 Å². The summed E-state index contributed by atoms with van der Waals surface area (Å²) in [6, 6.07) is 1.85. The smallest absolute Gasteiger partial charge is 0.134 e. The number of halogens is 1. The van der Waals surface area contributed by atoms with Crippen molar-refractivity contribution in [1.29, 1.82) is 0 Å². The van der Waals surface area contributed by atoms with Gasteiger partial charge in [-0.3, -0.25) is 0 Å². The minimum atomic E-state index is -0.0375. The molecule has 0 radical (unpaired) electrons. The Morgan fingerprint density at radius 2 is 2.08 bits per heavy atom. The van der Waals surface area contributed by atoms with E-state index in [0.29, 0.717) is 17.7 Å². The number of rotatable bonds is 8. The van der Waals surface area contributed by atoms with Crippen molar-refractivity contribution in [3.05, 3.63) is 65.9 Å². The van der Waals surface area contributed by atoms with Gasteiger partial charge in [-0.25, -0.2) is 4.98 Å². The van der Waals surface area contributed by atoms with E-state index < -0.39 is 0 Å². The lowest BCUT2D eigenvalue weighted by Gasteiger charge is -2.13. The van der Waals surface area contributed by atoms with E-state index in [4.69, 9.17) is 17.2 Å². The molecule has 0 fully saturated rings.